The molecule has 2 aromatic rings. The first-order valence-corrected chi connectivity index (χ1v) is 8.79. The Hall–Kier alpha value is -2.85. The van der Waals surface area contributed by atoms with Gasteiger partial charge in [-0.25, -0.2) is 0 Å². The van der Waals surface area contributed by atoms with Crippen molar-refractivity contribution in [3.63, 3.8) is 0 Å². The Bertz CT molecular complexity index is 871. The van der Waals surface area contributed by atoms with E-state index in [1.54, 1.807) is 12.1 Å². The maximum absolute atomic E-state index is 12.6. The maximum Gasteiger partial charge on any atom is 0.274 e. The number of carbonyl (C=O) groups excluding carboxylic acids is 1. The third-order valence-corrected chi connectivity index (χ3v) is 5.10. The summed E-state index contributed by atoms with van der Waals surface area (Å²) in [5, 5.41) is 19.4. The lowest BCUT2D eigenvalue weighted by atomic mass is 9.97. The van der Waals surface area contributed by atoms with E-state index in [4.69, 9.17) is 10.00 Å². The molecular formula is C19H21N5O2. The summed E-state index contributed by atoms with van der Waals surface area (Å²) in [6.07, 6.45) is 1.67. The standard InChI is InChI=1S/C19H21N5O2/c1-13-7-17(23-22-13)18(25)24-6-5-19(12-24)9-16(11-26-19)21-15-4-2-3-14(8-15)10-20/h2-4,7-8,16,21H,5-6,9,11-12H2,1H3,(H,22,23)/t16-,19-/m0/s1. The topological polar surface area (TPSA) is 94.0 Å². The molecule has 2 fully saturated rings. The highest BCUT2D eigenvalue weighted by Crippen LogP contribution is 2.36. The normalized spacial score (nSPS) is 24.8. The molecular weight excluding hydrogens is 330 g/mol. The van der Waals surface area contributed by atoms with Crippen molar-refractivity contribution in [2.24, 2.45) is 0 Å². The maximum atomic E-state index is 12.6. The molecule has 0 radical (unpaired) electrons. The molecule has 0 unspecified atom stereocenters. The third kappa shape index (κ3) is 3.16. The summed E-state index contributed by atoms with van der Waals surface area (Å²) in [5.41, 5.74) is 2.61. The number of aromatic amines is 1. The van der Waals surface area contributed by atoms with Crippen LogP contribution in [0.2, 0.25) is 0 Å². The van der Waals surface area contributed by atoms with Gasteiger partial charge in [-0.3, -0.25) is 9.89 Å². The highest BCUT2D eigenvalue weighted by Gasteiger charge is 2.47. The molecule has 2 aliphatic rings. The number of ether oxygens (including phenoxy) is 1. The first-order chi connectivity index (χ1) is 12.6. The van der Waals surface area contributed by atoms with Crippen LogP contribution in [0.5, 0.6) is 0 Å². The van der Waals surface area contributed by atoms with Crippen molar-refractivity contribution in [3.05, 3.63) is 47.3 Å². The summed E-state index contributed by atoms with van der Waals surface area (Å²) in [5.74, 6) is -0.0482. The minimum absolute atomic E-state index is 0.0482. The smallest absolute Gasteiger partial charge is 0.274 e. The molecule has 1 aromatic carbocycles. The van der Waals surface area contributed by atoms with Gasteiger partial charge in [-0.15, -0.1) is 0 Å². The van der Waals surface area contributed by atoms with Crippen LogP contribution in [0.15, 0.2) is 30.3 Å². The van der Waals surface area contributed by atoms with E-state index in [0.29, 0.717) is 31.0 Å². The number of carbonyl (C=O) groups is 1. The first kappa shape index (κ1) is 16.6. The average molecular weight is 351 g/mol. The van der Waals surface area contributed by atoms with Crippen LogP contribution in [0.1, 0.15) is 34.6 Å². The Morgan fingerprint density at radius 3 is 3.15 bits per heavy atom. The molecule has 2 saturated heterocycles. The van der Waals surface area contributed by atoms with Crippen molar-refractivity contribution in [1.82, 2.24) is 15.1 Å². The van der Waals surface area contributed by atoms with Gasteiger partial charge in [-0.1, -0.05) is 6.07 Å². The summed E-state index contributed by atoms with van der Waals surface area (Å²) < 4.78 is 6.11. The average Bonchev–Trinajstić information content (AvgIpc) is 3.36. The summed E-state index contributed by atoms with van der Waals surface area (Å²) in [6, 6.07) is 11.6. The van der Waals surface area contributed by atoms with E-state index >= 15 is 0 Å². The van der Waals surface area contributed by atoms with Gasteiger partial charge in [-0.05, 0) is 37.6 Å². The van der Waals surface area contributed by atoms with Crippen LogP contribution in [0.3, 0.4) is 0 Å². The lowest BCUT2D eigenvalue weighted by molar-refractivity contribution is 0.0124. The van der Waals surface area contributed by atoms with Crippen molar-refractivity contribution < 1.29 is 9.53 Å². The number of likely N-dealkylation sites (tertiary alicyclic amines) is 1. The number of H-pyrrole nitrogens is 1. The number of nitriles is 1. The minimum atomic E-state index is -0.286. The Morgan fingerprint density at radius 1 is 1.50 bits per heavy atom. The summed E-state index contributed by atoms with van der Waals surface area (Å²) in [6.45, 7) is 3.75. The SMILES string of the molecule is Cc1cc(C(=O)N2CC[C@]3(C[C@H](Nc4cccc(C#N)c4)CO3)C2)n[nH]1. The van der Waals surface area contributed by atoms with Crippen molar-refractivity contribution in [3.8, 4) is 6.07 Å². The van der Waals surface area contributed by atoms with Gasteiger partial charge in [0.15, 0.2) is 0 Å². The quantitative estimate of drug-likeness (QED) is 0.883. The van der Waals surface area contributed by atoms with Crippen LogP contribution < -0.4 is 5.32 Å². The van der Waals surface area contributed by atoms with Crippen LogP contribution in [0.4, 0.5) is 5.69 Å². The second-order valence-corrected chi connectivity index (χ2v) is 7.14. The van der Waals surface area contributed by atoms with Gasteiger partial charge in [0.2, 0.25) is 0 Å². The number of nitrogens with one attached hydrogen (secondary N) is 2. The van der Waals surface area contributed by atoms with E-state index in [-0.39, 0.29) is 17.6 Å². The molecule has 1 aromatic heterocycles. The van der Waals surface area contributed by atoms with Crippen LogP contribution in [-0.2, 0) is 4.74 Å². The molecule has 0 bridgehead atoms. The Labute approximate surface area is 152 Å². The second-order valence-electron chi connectivity index (χ2n) is 7.14. The van der Waals surface area contributed by atoms with Crippen LogP contribution in [0, 0.1) is 18.3 Å². The summed E-state index contributed by atoms with van der Waals surface area (Å²) >= 11 is 0. The number of aromatic nitrogens is 2. The second kappa shape index (κ2) is 6.46. The molecule has 1 amide bonds. The third-order valence-electron chi connectivity index (χ3n) is 5.10. The minimum Gasteiger partial charge on any atom is -0.380 e. The molecule has 4 rings (SSSR count). The Morgan fingerprint density at radius 2 is 2.38 bits per heavy atom. The molecule has 2 aliphatic heterocycles. The number of hydrogen-bond donors (Lipinski definition) is 2. The molecule has 26 heavy (non-hydrogen) atoms. The molecule has 7 heteroatoms. The van der Waals surface area contributed by atoms with Gasteiger partial charge in [-0.2, -0.15) is 10.4 Å². The van der Waals surface area contributed by atoms with Crippen molar-refractivity contribution >= 4 is 11.6 Å². The number of nitrogens with zero attached hydrogens (tertiary/aromatic N) is 3. The zero-order chi connectivity index (χ0) is 18.1. The number of amides is 1. The molecule has 1 spiro atoms. The van der Waals surface area contributed by atoms with Gasteiger partial charge in [0.05, 0.1) is 36.4 Å². The molecule has 0 saturated carbocycles. The highest BCUT2D eigenvalue weighted by molar-refractivity contribution is 5.92. The van der Waals surface area contributed by atoms with Gasteiger partial charge >= 0.3 is 0 Å². The highest BCUT2D eigenvalue weighted by atomic mass is 16.5. The predicted octanol–water partition coefficient (Wildman–Crippen LogP) is 2.08. The Balaban J connectivity index is 1.39. The summed E-state index contributed by atoms with van der Waals surface area (Å²) in [4.78, 5) is 14.4. The van der Waals surface area contributed by atoms with E-state index < -0.39 is 0 Å². The molecule has 134 valence electrons. The zero-order valence-corrected chi connectivity index (χ0v) is 14.7. The van der Waals surface area contributed by atoms with Gasteiger partial charge in [0.1, 0.15) is 5.69 Å². The number of benzene rings is 1. The summed E-state index contributed by atoms with van der Waals surface area (Å²) in [7, 11) is 0. The fourth-order valence-corrected chi connectivity index (χ4v) is 3.84. The lowest BCUT2D eigenvalue weighted by Gasteiger charge is -2.23. The van der Waals surface area contributed by atoms with Crippen LogP contribution in [-0.4, -0.2) is 52.3 Å². The van der Waals surface area contributed by atoms with E-state index in [9.17, 15) is 4.79 Å². The van der Waals surface area contributed by atoms with Crippen molar-refractivity contribution in [1.29, 1.82) is 5.26 Å². The zero-order valence-electron chi connectivity index (χ0n) is 14.7. The number of hydrogen-bond acceptors (Lipinski definition) is 5. The fraction of sp³-hybridized carbons (Fsp3) is 0.421. The molecule has 0 aliphatic carbocycles. The molecule has 2 atom stereocenters. The van der Waals surface area contributed by atoms with Gasteiger partial charge < -0.3 is 15.0 Å². The predicted molar refractivity (Wildman–Crippen MR) is 95.7 cm³/mol. The number of aryl methyl sites for hydroxylation is 1. The first-order valence-electron chi connectivity index (χ1n) is 8.79. The Kier molecular flexibility index (Phi) is 4.13. The number of anilines is 1. The van der Waals surface area contributed by atoms with Gasteiger partial charge in [0, 0.05) is 24.3 Å². The van der Waals surface area contributed by atoms with Gasteiger partial charge in [0.25, 0.3) is 5.91 Å². The van der Waals surface area contributed by atoms with Crippen molar-refractivity contribution in [2.45, 2.75) is 31.4 Å². The van der Waals surface area contributed by atoms with Crippen LogP contribution >= 0.6 is 0 Å². The van der Waals surface area contributed by atoms with Crippen LogP contribution in [0.25, 0.3) is 0 Å². The lowest BCUT2D eigenvalue weighted by Crippen LogP contribution is -2.36. The number of rotatable bonds is 3. The van der Waals surface area contributed by atoms with E-state index in [0.717, 1.165) is 24.2 Å². The largest absolute Gasteiger partial charge is 0.380 e. The van der Waals surface area contributed by atoms with Crippen molar-refractivity contribution in [2.75, 3.05) is 25.0 Å². The van der Waals surface area contributed by atoms with E-state index in [1.807, 2.05) is 30.0 Å². The van der Waals surface area contributed by atoms with E-state index in [2.05, 4.69) is 21.6 Å². The monoisotopic (exact) mass is 351 g/mol. The van der Waals surface area contributed by atoms with E-state index in [1.165, 1.54) is 0 Å². The molecule has 7 nitrogen and oxygen atoms in total. The fourth-order valence-electron chi connectivity index (χ4n) is 3.84. The molecule has 3 heterocycles. The molecule has 2 N–H and O–H groups in total.